The molecular weight excluding hydrogens is 781 g/mol. The summed E-state index contributed by atoms with van der Waals surface area (Å²) >= 11 is 0. The van der Waals surface area contributed by atoms with E-state index in [9.17, 15) is 0 Å². The Labute approximate surface area is 368 Å². The van der Waals surface area contributed by atoms with Crippen molar-refractivity contribution in [3.05, 3.63) is 185 Å². The fourth-order valence-electron chi connectivity index (χ4n) is 8.09. The van der Waals surface area contributed by atoms with Crippen LogP contribution in [0, 0.1) is 4.91 Å². The molecule has 1 aromatic heterocycles. The van der Waals surface area contributed by atoms with E-state index in [0.29, 0.717) is 11.8 Å². The molecule has 1 radical (unpaired) electrons. The Morgan fingerprint density at radius 2 is 0.983 bits per heavy atom. The van der Waals surface area contributed by atoms with Crippen molar-refractivity contribution in [2.75, 3.05) is 39.4 Å². The Kier molecular flexibility index (Phi) is 19.0. The molecule has 0 aliphatic carbocycles. The van der Waals surface area contributed by atoms with E-state index in [1.54, 1.807) is 0 Å². The Hall–Kier alpha value is -5.31. The second-order valence-corrected chi connectivity index (χ2v) is 15.6. The van der Waals surface area contributed by atoms with Crippen LogP contribution in [0.25, 0.3) is 0 Å². The molecule has 0 N–H and O–H groups in total. The van der Waals surface area contributed by atoms with E-state index >= 15 is 0 Å². The van der Waals surface area contributed by atoms with Gasteiger partial charge in [-0.05, 0) is 48.9 Å². The van der Waals surface area contributed by atoms with Crippen molar-refractivity contribution >= 4 is 45.1 Å². The summed E-state index contributed by atoms with van der Waals surface area (Å²) in [5.74, 6) is 0.834. The van der Waals surface area contributed by atoms with Crippen LogP contribution in [0.1, 0.15) is 75.9 Å². The molecular formula is C51H58BFeN5O2+. The smallest absolute Gasteiger partial charge is 0.379 e. The van der Waals surface area contributed by atoms with Crippen molar-refractivity contribution in [1.29, 1.82) is 0 Å². The number of nitroso groups, excluding NO2 is 1. The van der Waals surface area contributed by atoms with Crippen molar-refractivity contribution in [3.63, 3.8) is 0 Å². The van der Waals surface area contributed by atoms with E-state index in [4.69, 9.17) is 30.2 Å². The molecule has 0 unspecified atom stereocenters. The normalized spacial score (nSPS) is 13.4. The van der Waals surface area contributed by atoms with Crippen molar-refractivity contribution < 1.29 is 21.8 Å². The zero-order chi connectivity index (χ0) is 42.0. The van der Waals surface area contributed by atoms with Gasteiger partial charge >= 0.3 is 17.1 Å². The standard InChI is InChI=1S/C27H38N4O.C24H20B.Fe.NO/c1-19(2)23-9-7-10-24(20(3)4)27(23)29-22(6)26-12-8-11-25(30-26)21(5)28-13-14-31-15-17-32-18-16-31;1-5-13-21(14-6-1)25(22-15-7-2-8-16-22,23-17-9-3-10-18-23)24-19-11-4-12-20-24;;1-2/h7-12,19-20H,13-18H2,1-6H3;1-20H;;/q;-1;+2;. The molecule has 0 bridgehead atoms. The molecule has 5 aromatic carbocycles. The van der Waals surface area contributed by atoms with Gasteiger partial charge in [-0.1, -0.05) is 173 Å². The first-order chi connectivity index (χ1) is 28.8. The van der Waals surface area contributed by atoms with Crippen LogP contribution in [0.2, 0.25) is 0 Å². The molecule has 1 saturated heterocycles. The summed E-state index contributed by atoms with van der Waals surface area (Å²) in [7, 11) is 0. The van der Waals surface area contributed by atoms with E-state index in [2.05, 4.69) is 185 Å². The number of aliphatic imine (C=N–C) groups is 2. The Bertz CT molecular complexity index is 2040. The van der Waals surface area contributed by atoms with Crippen LogP contribution in [-0.4, -0.2) is 66.8 Å². The van der Waals surface area contributed by atoms with Gasteiger partial charge in [-0.3, -0.25) is 14.9 Å². The SMILES string of the molecule is CC(=NCCN1CCOCC1)c1cccc(C(C)=Nc2c(C(C)C)cccc2C(C)C)n1.[Fe+2].[N]=O.c1ccc([B-](c2ccccc2)(c2ccccc2)c2ccccc2)cc1. The molecule has 6 aromatic rings. The van der Waals surface area contributed by atoms with Gasteiger partial charge in [0, 0.05) is 19.6 Å². The van der Waals surface area contributed by atoms with Gasteiger partial charge in [-0.15, -0.1) is 4.91 Å². The predicted molar refractivity (Wildman–Crippen MR) is 251 cm³/mol. The van der Waals surface area contributed by atoms with Gasteiger partial charge in [0.2, 0.25) is 0 Å². The average Bonchev–Trinajstić information content (AvgIpc) is 3.29. The molecule has 9 heteroatoms. The van der Waals surface area contributed by atoms with Gasteiger partial charge in [0.1, 0.15) is 11.7 Å². The summed E-state index contributed by atoms with van der Waals surface area (Å²) < 4.78 is 5.42. The van der Waals surface area contributed by atoms with Crippen LogP contribution in [0.3, 0.4) is 0 Å². The maximum absolute atomic E-state index is 7.25. The van der Waals surface area contributed by atoms with Crippen molar-refractivity contribution in [2.24, 2.45) is 9.98 Å². The number of para-hydroxylation sites is 1. The van der Waals surface area contributed by atoms with E-state index in [0.717, 1.165) is 67.9 Å². The number of hydrogen-bond acceptors (Lipinski definition) is 6. The molecule has 0 saturated carbocycles. The third-order valence-corrected chi connectivity index (χ3v) is 11.2. The largest absolute Gasteiger partial charge is 2.00 e. The maximum Gasteiger partial charge on any atom is 2.00 e. The molecule has 309 valence electrons. The number of morpholine rings is 1. The topological polar surface area (TPSA) is 89.4 Å². The van der Waals surface area contributed by atoms with Gasteiger partial charge < -0.3 is 4.74 Å². The third kappa shape index (κ3) is 11.9. The van der Waals surface area contributed by atoms with Gasteiger partial charge in [-0.2, -0.15) is 21.9 Å². The minimum absolute atomic E-state index is 0. The van der Waals surface area contributed by atoms with Crippen LogP contribution in [-0.2, 0) is 21.8 Å². The van der Waals surface area contributed by atoms with E-state index in [-0.39, 0.29) is 17.1 Å². The van der Waals surface area contributed by atoms with Gasteiger partial charge in [0.15, 0.2) is 0 Å². The second kappa shape index (κ2) is 24.1. The van der Waals surface area contributed by atoms with Crippen LogP contribution in [0.4, 0.5) is 5.69 Å². The monoisotopic (exact) mass is 839 g/mol. The molecule has 1 aliphatic heterocycles. The summed E-state index contributed by atoms with van der Waals surface area (Å²) in [6.07, 6.45) is -1.22. The Morgan fingerprint density at radius 1 is 0.600 bits per heavy atom. The third-order valence-electron chi connectivity index (χ3n) is 11.2. The zero-order valence-electron chi connectivity index (χ0n) is 35.9. The molecule has 7 rings (SSSR count). The first-order valence-corrected chi connectivity index (χ1v) is 20.8. The molecule has 1 fully saturated rings. The predicted octanol–water partition coefficient (Wildman–Crippen LogP) is 8.22. The number of pyridine rings is 1. The van der Waals surface area contributed by atoms with E-state index in [1.807, 2.05) is 19.1 Å². The van der Waals surface area contributed by atoms with E-state index in [1.165, 1.54) is 33.0 Å². The number of rotatable bonds is 12. The fourth-order valence-corrected chi connectivity index (χ4v) is 8.09. The number of hydrogen-bond donors (Lipinski definition) is 0. The molecule has 60 heavy (non-hydrogen) atoms. The number of aromatic nitrogens is 1. The average molecular weight is 840 g/mol. The Balaban J connectivity index is 0.000000256. The summed E-state index contributed by atoms with van der Waals surface area (Å²) in [6, 6.07) is 56.2. The molecule has 2 heterocycles. The molecule has 7 nitrogen and oxygen atoms in total. The van der Waals surface area contributed by atoms with Crippen LogP contribution < -0.4 is 27.4 Å². The Morgan fingerprint density at radius 3 is 1.38 bits per heavy atom. The summed E-state index contributed by atoms with van der Waals surface area (Å²) in [5.41, 5.74) is 18.5. The van der Waals surface area contributed by atoms with E-state index < -0.39 is 6.15 Å². The van der Waals surface area contributed by atoms with Crippen LogP contribution in [0.15, 0.2) is 168 Å². The number of benzene rings is 5. The first-order valence-electron chi connectivity index (χ1n) is 20.8. The minimum Gasteiger partial charge on any atom is -0.379 e. The van der Waals surface area contributed by atoms with Gasteiger partial charge in [0.05, 0.1) is 48.3 Å². The first kappa shape index (κ1) is 47.4. The molecule has 0 atom stereocenters. The quantitative estimate of drug-likeness (QED) is 0.0919. The number of nitrogens with zero attached hydrogens (tertiary/aromatic N) is 5. The summed E-state index contributed by atoms with van der Waals surface area (Å²) in [5, 5.41) is 0. The molecule has 0 spiro atoms. The maximum atomic E-state index is 7.25. The van der Waals surface area contributed by atoms with Gasteiger partial charge in [0.25, 0.3) is 0 Å². The van der Waals surface area contributed by atoms with Gasteiger partial charge in [-0.25, -0.2) is 4.98 Å². The zero-order valence-corrected chi connectivity index (χ0v) is 37.0. The van der Waals surface area contributed by atoms with Crippen molar-refractivity contribution in [1.82, 2.24) is 15.5 Å². The molecule has 0 amide bonds. The summed E-state index contributed by atoms with van der Waals surface area (Å²) in [6.45, 7) is 18.4. The number of ether oxygens (including phenoxy) is 1. The molecule has 1 aliphatic rings. The van der Waals surface area contributed by atoms with Crippen LogP contribution in [0.5, 0.6) is 0 Å². The van der Waals surface area contributed by atoms with Crippen molar-refractivity contribution in [2.45, 2.75) is 53.4 Å². The fraction of sp³-hybridized carbons (Fsp3) is 0.275. The summed E-state index contributed by atoms with van der Waals surface area (Å²) in [4.78, 5) is 24.4. The van der Waals surface area contributed by atoms with Crippen molar-refractivity contribution in [3.8, 4) is 0 Å². The second-order valence-electron chi connectivity index (χ2n) is 15.6. The minimum atomic E-state index is -1.22. The van der Waals surface area contributed by atoms with Crippen LogP contribution >= 0.6 is 0 Å².